The number of benzene rings is 2. The lowest BCUT2D eigenvalue weighted by Gasteiger charge is -2.37. The van der Waals surface area contributed by atoms with Crippen molar-refractivity contribution in [2.24, 2.45) is 5.41 Å². The van der Waals surface area contributed by atoms with Crippen LogP contribution in [0.15, 0.2) is 53.7 Å². The molecule has 0 aromatic heterocycles. The minimum absolute atomic E-state index is 0.0178. The summed E-state index contributed by atoms with van der Waals surface area (Å²) in [6, 6.07) is 9.19. The summed E-state index contributed by atoms with van der Waals surface area (Å²) in [7, 11) is 0. The lowest BCUT2D eigenvalue weighted by molar-refractivity contribution is -0.170. The lowest BCUT2D eigenvalue weighted by Crippen LogP contribution is -2.45. The molecule has 0 bridgehead atoms. The Morgan fingerprint density at radius 1 is 1.06 bits per heavy atom. The maximum atomic E-state index is 13.8. The Balaban J connectivity index is 2.10. The Morgan fingerprint density at radius 2 is 1.69 bits per heavy atom. The van der Waals surface area contributed by atoms with E-state index in [1.807, 2.05) is 13.8 Å². The third kappa shape index (κ3) is 3.88. The number of alkyl halides is 3. The van der Waals surface area contributed by atoms with Crippen molar-refractivity contribution in [2.75, 3.05) is 10.2 Å². The van der Waals surface area contributed by atoms with Gasteiger partial charge in [-0.25, -0.2) is 0 Å². The highest BCUT2D eigenvalue weighted by Crippen LogP contribution is 2.51. The van der Waals surface area contributed by atoms with E-state index in [1.165, 1.54) is 24.3 Å². The molecule has 1 aliphatic heterocycles. The van der Waals surface area contributed by atoms with Crippen molar-refractivity contribution >= 4 is 46.3 Å². The molecular formula is C23H19Cl2F3N2O2. The quantitative estimate of drug-likeness (QED) is 0.491. The standard InChI is InChI=1S/C23H19Cl2F3N2O2/c1-22(2)10-15-19(17(31)11-22)20(18-12(24)6-5-7-13(18)25)30(21(32)23(26,27)28)16-9-4-3-8-14(16)29-15/h3-9,20,29H,10-11H2,1-2H3. The SMILES string of the molecule is CC1(C)CC(=O)C2=C(C1)Nc1ccccc1N(C(=O)C(F)(F)F)C2c1c(Cl)cccc1Cl. The molecule has 1 aliphatic carbocycles. The molecule has 4 nitrogen and oxygen atoms in total. The molecule has 0 radical (unpaired) electrons. The van der Waals surface area contributed by atoms with E-state index >= 15 is 0 Å². The van der Waals surface area contributed by atoms with E-state index in [-0.39, 0.29) is 44.8 Å². The largest absolute Gasteiger partial charge is 0.471 e. The van der Waals surface area contributed by atoms with Crippen LogP contribution in [0.1, 0.15) is 38.3 Å². The number of ketones is 1. The van der Waals surface area contributed by atoms with Gasteiger partial charge in [0.15, 0.2) is 5.78 Å². The maximum absolute atomic E-state index is 13.8. The average Bonchev–Trinajstić information content (AvgIpc) is 2.80. The van der Waals surface area contributed by atoms with Crippen molar-refractivity contribution in [3.05, 3.63) is 69.3 Å². The summed E-state index contributed by atoms with van der Waals surface area (Å²) in [5.41, 5.74) is 0.443. The van der Waals surface area contributed by atoms with E-state index in [0.717, 1.165) is 0 Å². The van der Waals surface area contributed by atoms with Crippen molar-refractivity contribution in [1.29, 1.82) is 0 Å². The van der Waals surface area contributed by atoms with Crippen LogP contribution < -0.4 is 10.2 Å². The molecule has 0 saturated heterocycles. The summed E-state index contributed by atoms with van der Waals surface area (Å²) in [6.07, 6.45) is -4.69. The number of nitrogens with one attached hydrogen (secondary N) is 1. The van der Waals surface area contributed by atoms with Gasteiger partial charge in [-0.05, 0) is 36.1 Å². The first-order valence-corrected chi connectivity index (χ1v) is 10.6. The van der Waals surface area contributed by atoms with E-state index in [2.05, 4.69) is 5.32 Å². The molecule has 1 amide bonds. The zero-order chi connectivity index (χ0) is 23.4. The molecule has 0 spiro atoms. The van der Waals surface area contributed by atoms with Gasteiger partial charge in [-0.15, -0.1) is 0 Å². The lowest BCUT2D eigenvalue weighted by atomic mass is 9.73. The van der Waals surface area contributed by atoms with Crippen LogP contribution in [0, 0.1) is 5.41 Å². The molecule has 1 heterocycles. The number of Topliss-reactive ketones (excluding diaryl/α,β-unsaturated/α-hetero) is 1. The molecular weight excluding hydrogens is 464 g/mol. The molecule has 1 atom stereocenters. The second-order valence-electron chi connectivity index (χ2n) is 8.69. The summed E-state index contributed by atoms with van der Waals surface area (Å²) >= 11 is 12.8. The highest BCUT2D eigenvalue weighted by atomic mass is 35.5. The number of amides is 1. The van der Waals surface area contributed by atoms with Gasteiger partial charge < -0.3 is 5.32 Å². The molecule has 9 heteroatoms. The fraction of sp³-hybridized carbons (Fsp3) is 0.304. The third-order valence-corrected chi connectivity index (χ3v) is 6.29. The van der Waals surface area contributed by atoms with Gasteiger partial charge >= 0.3 is 12.1 Å². The summed E-state index contributed by atoms with van der Waals surface area (Å²) in [6.45, 7) is 3.81. The van der Waals surface area contributed by atoms with Crippen LogP contribution in [0.4, 0.5) is 24.5 Å². The molecule has 2 aromatic rings. The summed E-state index contributed by atoms with van der Waals surface area (Å²) < 4.78 is 41.4. The first-order valence-electron chi connectivity index (χ1n) is 9.87. The number of carbonyl (C=O) groups is 2. The predicted molar refractivity (Wildman–Crippen MR) is 118 cm³/mol. The van der Waals surface area contributed by atoms with Crippen LogP contribution in [-0.2, 0) is 9.59 Å². The zero-order valence-electron chi connectivity index (χ0n) is 17.2. The van der Waals surface area contributed by atoms with Crippen molar-refractivity contribution < 1.29 is 22.8 Å². The van der Waals surface area contributed by atoms with Crippen molar-refractivity contribution in [1.82, 2.24) is 0 Å². The number of fused-ring (bicyclic) bond motifs is 1. The number of anilines is 2. The predicted octanol–water partition coefficient (Wildman–Crippen LogP) is 6.70. The van der Waals surface area contributed by atoms with Gasteiger partial charge in [0.25, 0.3) is 0 Å². The molecule has 0 fully saturated rings. The molecule has 32 heavy (non-hydrogen) atoms. The Kier molecular flexibility index (Phi) is 5.54. The fourth-order valence-electron chi connectivity index (χ4n) is 4.39. The molecule has 0 saturated carbocycles. The Morgan fingerprint density at radius 3 is 2.31 bits per heavy atom. The summed E-state index contributed by atoms with van der Waals surface area (Å²) in [5.74, 6) is -2.48. The number of carbonyl (C=O) groups excluding carboxylic acids is 2. The molecule has 2 aromatic carbocycles. The summed E-state index contributed by atoms with van der Waals surface area (Å²) in [4.78, 5) is 26.8. The highest BCUT2D eigenvalue weighted by Gasteiger charge is 2.51. The molecule has 4 rings (SSSR count). The number of hydrogen-bond donors (Lipinski definition) is 1. The molecule has 2 aliphatic rings. The second kappa shape index (κ2) is 7.81. The first kappa shape index (κ1) is 22.7. The minimum atomic E-state index is -5.19. The van der Waals surface area contributed by atoms with Crippen LogP contribution in [0.25, 0.3) is 0 Å². The normalized spacial score (nSPS) is 20.3. The van der Waals surface area contributed by atoms with Crippen LogP contribution >= 0.6 is 23.2 Å². The van der Waals surface area contributed by atoms with Gasteiger partial charge in [-0.2, -0.15) is 13.2 Å². The minimum Gasteiger partial charge on any atom is -0.357 e. The van der Waals surface area contributed by atoms with Gasteiger partial charge in [-0.1, -0.05) is 55.2 Å². The Bertz CT molecular complexity index is 1140. The maximum Gasteiger partial charge on any atom is 0.471 e. The fourth-order valence-corrected chi connectivity index (χ4v) is 5.00. The topological polar surface area (TPSA) is 49.4 Å². The van der Waals surface area contributed by atoms with Crippen molar-refractivity contribution in [3.63, 3.8) is 0 Å². The average molecular weight is 483 g/mol. The van der Waals surface area contributed by atoms with Gasteiger partial charge in [0.1, 0.15) is 0 Å². The number of nitrogens with zero attached hydrogens (tertiary/aromatic N) is 1. The summed E-state index contributed by atoms with van der Waals surface area (Å²) in [5, 5.41) is 3.26. The first-order chi connectivity index (χ1) is 14.9. The molecule has 1 unspecified atom stereocenters. The van der Waals surface area contributed by atoms with E-state index in [0.29, 0.717) is 17.0 Å². The van der Waals surface area contributed by atoms with Gasteiger partial charge in [-0.3, -0.25) is 14.5 Å². The number of rotatable bonds is 1. The van der Waals surface area contributed by atoms with Crippen molar-refractivity contribution in [2.45, 2.75) is 38.9 Å². The van der Waals surface area contributed by atoms with Gasteiger partial charge in [0, 0.05) is 33.3 Å². The van der Waals surface area contributed by atoms with E-state index in [1.54, 1.807) is 18.2 Å². The van der Waals surface area contributed by atoms with Crippen LogP contribution in [0.5, 0.6) is 0 Å². The monoisotopic (exact) mass is 482 g/mol. The van der Waals surface area contributed by atoms with Gasteiger partial charge in [0.05, 0.1) is 17.4 Å². The Hall–Kier alpha value is -2.51. The molecule has 168 valence electrons. The van der Waals surface area contributed by atoms with E-state index < -0.39 is 23.5 Å². The van der Waals surface area contributed by atoms with Crippen molar-refractivity contribution in [3.8, 4) is 0 Å². The third-order valence-electron chi connectivity index (χ3n) is 5.64. The second-order valence-corrected chi connectivity index (χ2v) is 9.50. The van der Waals surface area contributed by atoms with Crippen LogP contribution in [-0.4, -0.2) is 17.9 Å². The number of hydrogen-bond acceptors (Lipinski definition) is 3. The number of halogens is 5. The van der Waals surface area contributed by atoms with Crippen LogP contribution in [0.3, 0.4) is 0 Å². The highest BCUT2D eigenvalue weighted by molar-refractivity contribution is 6.36. The van der Waals surface area contributed by atoms with E-state index in [4.69, 9.17) is 23.2 Å². The van der Waals surface area contributed by atoms with E-state index in [9.17, 15) is 22.8 Å². The zero-order valence-corrected chi connectivity index (χ0v) is 18.7. The Labute approximate surface area is 193 Å². The van der Waals surface area contributed by atoms with Gasteiger partial charge in [0.2, 0.25) is 0 Å². The number of para-hydroxylation sites is 2. The smallest absolute Gasteiger partial charge is 0.357 e. The number of allylic oxidation sites excluding steroid dienone is 1. The van der Waals surface area contributed by atoms with Crippen LogP contribution in [0.2, 0.25) is 10.0 Å². The molecule has 1 N–H and O–H groups in total.